The van der Waals surface area contributed by atoms with Gasteiger partial charge in [0.25, 0.3) is 5.91 Å². The molecule has 1 amide bonds. The van der Waals surface area contributed by atoms with Gasteiger partial charge in [0.1, 0.15) is 6.10 Å². The molecular formula is C12H23ClN2O3. The maximum atomic E-state index is 12.3. The van der Waals surface area contributed by atoms with E-state index in [2.05, 4.69) is 5.32 Å². The van der Waals surface area contributed by atoms with Crippen LogP contribution in [-0.2, 0) is 14.3 Å². The van der Waals surface area contributed by atoms with E-state index in [0.29, 0.717) is 26.2 Å². The summed E-state index contributed by atoms with van der Waals surface area (Å²) in [5.41, 5.74) is -0.268. The van der Waals surface area contributed by atoms with Crippen LogP contribution in [0.1, 0.15) is 20.8 Å². The van der Waals surface area contributed by atoms with Crippen LogP contribution in [0.5, 0.6) is 0 Å². The van der Waals surface area contributed by atoms with E-state index < -0.39 is 0 Å². The fraction of sp³-hybridized carbons (Fsp3) is 0.917. The van der Waals surface area contributed by atoms with Crippen LogP contribution in [0.25, 0.3) is 0 Å². The number of carbonyl (C=O) groups is 1. The molecule has 0 aliphatic carbocycles. The zero-order chi connectivity index (χ0) is 12.5. The first kappa shape index (κ1) is 15.7. The van der Waals surface area contributed by atoms with Gasteiger partial charge in [-0.3, -0.25) is 4.79 Å². The Bertz CT molecular complexity index is 293. The van der Waals surface area contributed by atoms with E-state index in [9.17, 15) is 4.79 Å². The van der Waals surface area contributed by atoms with Crippen molar-refractivity contribution >= 4 is 18.3 Å². The van der Waals surface area contributed by atoms with Gasteiger partial charge in [0, 0.05) is 26.2 Å². The summed E-state index contributed by atoms with van der Waals surface area (Å²) < 4.78 is 11.3. The third-order valence-electron chi connectivity index (χ3n) is 3.08. The third-order valence-corrected chi connectivity index (χ3v) is 3.08. The van der Waals surface area contributed by atoms with E-state index in [1.54, 1.807) is 0 Å². The van der Waals surface area contributed by atoms with E-state index in [1.165, 1.54) is 0 Å². The van der Waals surface area contributed by atoms with Crippen LogP contribution in [0, 0.1) is 0 Å². The lowest BCUT2D eigenvalue weighted by Gasteiger charge is -2.43. The predicted molar refractivity (Wildman–Crippen MR) is 71.1 cm³/mol. The summed E-state index contributed by atoms with van der Waals surface area (Å²) in [6, 6.07) is 0. The lowest BCUT2D eigenvalue weighted by atomic mass is 10.0. The molecule has 0 spiro atoms. The molecule has 18 heavy (non-hydrogen) atoms. The summed E-state index contributed by atoms with van der Waals surface area (Å²) in [4.78, 5) is 14.2. The Balaban J connectivity index is 0.00000162. The molecule has 0 saturated carbocycles. The maximum Gasteiger partial charge on any atom is 0.253 e. The normalized spacial score (nSPS) is 31.6. The van der Waals surface area contributed by atoms with E-state index in [-0.39, 0.29) is 36.1 Å². The number of nitrogens with zero attached hydrogens (tertiary/aromatic N) is 1. The Hall–Kier alpha value is -0.360. The van der Waals surface area contributed by atoms with Crippen molar-refractivity contribution < 1.29 is 14.3 Å². The number of amides is 1. The van der Waals surface area contributed by atoms with Gasteiger partial charge in [0.2, 0.25) is 0 Å². The molecule has 106 valence electrons. The second-order valence-electron chi connectivity index (χ2n) is 5.47. The van der Waals surface area contributed by atoms with Crippen LogP contribution < -0.4 is 5.32 Å². The summed E-state index contributed by atoms with van der Waals surface area (Å²) in [5, 5.41) is 3.18. The van der Waals surface area contributed by atoms with Crippen molar-refractivity contribution in [2.24, 2.45) is 0 Å². The molecule has 0 aromatic carbocycles. The van der Waals surface area contributed by atoms with Crippen molar-refractivity contribution in [3.63, 3.8) is 0 Å². The number of rotatable bonds is 1. The van der Waals surface area contributed by atoms with E-state index in [1.807, 2.05) is 25.7 Å². The van der Waals surface area contributed by atoms with E-state index in [4.69, 9.17) is 9.47 Å². The van der Waals surface area contributed by atoms with Gasteiger partial charge in [-0.25, -0.2) is 0 Å². The van der Waals surface area contributed by atoms with Crippen LogP contribution in [0.3, 0.4) is 0 Å². The molecule has 2 saturated heterocycles. The second-order valence-corrected chi connectivity index (χ2v) is 5.47. The first-order valence-corrected chi connectivity index (χ1v) is 6.27. The van der Waals surface area contributed by atoms with Gasteiger partial charge in [0.05, 0.1) is 18.3 Å². The second kappa shape index (κ2) is 6.19. The zero-order valence-electron chi connectivity index (χ0n) is 11.3. The monoisotopic (exact) mass is 278 g/mol. The first-order valence-electron chi connectivity index (χ1n) is 6.27. The van der Waals surface area contributed by atoms with Crippen LogP contribution >= 0.6 is 12.4 Å². The Morgan fingerprint density at radius 1 is 1.44 bits per heavy atom. The van der Waals surface area contributed by atoms with Gasteiger partial charge in [-0.1, -0.05) is 0 Å². The maximum absolute atomic E-state index is 12.3. The van der Waals surface area contributed by atoms with Crippen LogP contribution in [0.4, 0.5) is 0 Å². The molecule has 0 aromatic heterocycles. The molecule has 6 heteroatoms. The summed E-state index contributed by atoms with van der Waals surface area (Å²) in [7, 11) is 0. The first-order chi connectivity index (χ1) is 7.98. The number of hydrogen-bond acceptors (Lipinski definition) is 4. The van der Waals surface area contributed by atoms with E-state index in [0.717, 1.165) is 6.54 Å². The number of carbonyl (C=O) groups excluding carboxylic acids is 1. The fourth-order valence-corrected chi connectivity index (χ4v) is 2.55. The topological polar surface area (TPSA) is 50.8 Å². The minimum atomic E-state index is -0.329. The lowest BCUT2D eigenvalue weighted by molar-refractivity contribution is -0.168. The zero-order valence-corrected chi connectivity index (χ0v) is 12.1. The summed E-state index contributed by atoms with van der Waals surface area (Å²) >= 11 is 0. The van der Waals surface area contributed by atoms with Crippen LogP contribution in [-0.4, -0.2) is 61.4 Å². The predicted octanol–water partition coefficient (Wildman–Crippen LogP) is 0.422. The molecule has 2 unspecified atom stereocenters. The molecule has 2 aliphatic heterocycles. The quantitative estimate of drug-likeness (QED) is 0.755. The van der Waals surface area contributed by atoms with Crippen molar-refractivity contribution in [2.75, 3.05) is 32.8 Å². The molecule has 2 rings (SSSR count). The van der Waals surface area contributed by atoms with Gasteiger partial charge >= 0.3 is 0 Å². The largest absolute Gasteiger partial charge is 0.369 e. The highest BCUT2D eigenvalue weighted by Crippen LogP contribution is 2.21. The Morgan fingerprint density at radius 3 is 2.72 bits per heavy atom. The SMILES string of the molecule is CC1CN(C(=O)C2CNCCO2)CC(C)(C)O1.Cl. The number of halogens is 1. The molecule has 0 bridgehead atoms. The number of nitrogens with one attached hydrogen (secondary N) is 1. The van der Waals surface area contributed by atoms with Gasteiger partial charge in [-0.15, -0.1) is 12.4 Å². The molecule has 2 fully saturated rings. The van der Waals surface area contributed by atoms with Crippen LogP contribution in [0.2, 0.25) is 0 Å². The molecule has 2 atom stereocenters. The van der Waals surface area contributed by atoms with Gasteiger partial charge in [0.15, 0.2) is 0 Å². The van der Waals surface area contributed by atoms with Crippen molar-refractivity contribution in [3.05, 3.63) is 0 Å². The molecule has 1 N–H and O–H groups in total. The molecule has 5 nitrogen and oxygen atoms in total. The number of ether oxygens (including phenoxy) is 2. The minimum absolute atomic E-state index is 0. The molecule has 0 radical (unpaired) electrons. The lowest BCUT2D eigenvalue weighted by Crippen LogP contribution is -2.58. The average Bonchev–Trinajstić information content (AvgIpc) is 2.26. The van der Waals surface area contributed by atoms with Gasteiger partial charge in [-0.05, 0) is 20.8 Å². The molecule has 2 heterocycles. The average molecular weight is 279 g/mol. The highest BCUT2D eigenvalue weighted by Gasteiger charge is 2.36. The summed E-state index contributed by atoms with van der Waals surface area (Å²) in [5.74, 6) is 0.0837. The molecule has 2 aliphatic rings. The minimum Gasteiger partial charge on any atom is -0.369 e. The van der Waals surface area contributed by atoms with Gasteiger partial charge in [-0.2, -0.15) is 0 Å². The van der Waals surface area contributed by atoms with Crippen molar-refractivity contribution in [3.8, 4) is 0 Å². The standard InChI is InChI=1S/C12H22N2O3.ClH/c1-9-7-14(8-12(2,3)17-9)11(15)10-6-13-4-5-16-10;/h9-10,13H,4-8H2,1-3H3;1H. The fourth-order valence-electron chi connectivity index (χ4n) is 2.55. The van der Waals surface area contributed by atoms with Crippen molar-refractivity contribution in [1.29, 1.82) is 0 Å². The van der Waals surface area contributed by atoms with Crippen LogP contribution in [0.15, 0.2) is 0 Å². The summed E-state index contributed by atoms with van der Waals surface area (Å²) in [6.07, 6.45) is -0.246. The Kier molecular flexibility index (Phi) is 5.40. The number of hydrogen-bond donors (Lipinski definition) is 1. The molecule has 0 aromatic rings. The third kappa shape index (κ3) is 3.82. The highest BCUT2D eigenvalue weighted by atomic mass is 35.5. The Labute approximate surface area is 115 Å². The summed E-state index contributed by atoms with van der Waals surface area (Å²) in [6.45, 7) is 9.38. The molecular weight excluding hydrogens is 256 g/mol. The van der Waals surface area contributed by atoms with Crippen molar-refractivity contribution in [1.82, 2.24) is 10.2 Å². The van der Waals surface area contributed by atoms with E-state index >= 15 is 0 Å². The Morgan fingerprint density at radius 2 is 2.17 bits per heavy atom. The highest BCUT2D eigenvalue weighted by molar-refractivity contribution is 5.85. The smallest absolute Gasteiger partial charge is 0.253 e. The number of morpholine rings is 2. The van der Waals surface area contributed by atoms with Gasteiger partial charge < -0.3 is 19.7 Å². The van der Waals surface area contributed by atoms with Crippen molar-refractivity contribution in [2.45, 2.75) is 38.6 Å².